The molecule has 5 heteroatoms. The smallest absolute Gasteiger partial charge is 0.264 e. The summed E-state index contributed by atoms with van der Waals surface area (Å²) in [6.07, 6.45) is 4.08. The molecule has 1 fully saturated rings. The Morgan fingerprint density at radius 2 is 2.06 bits per heavy atom. The van der Waals surface area contributed by atoms with Crippen molar-refractivity contribution in [3.05, 3.63) is 25.4 Å². The normalized spacial score (nSPS) is 28.3. The van der Waals surface area contributed by atoms with Gasteiger partial charge in [0, 0.05) is 7.11 Å². The molecule has 1 aliphatic rings. The lowest BCUT2D eigenvalue weighted by molar-refractivity contribution is -0.0600. The molecule has 0 bridgehead atoms. The zero-order chi connectivity index (χ0) is 13.3. The number of methoxy groups -OCH3 is 1. The summed E-state index contributed by atoms with van der Waals surface area (Å²) in [6, 6.07) is 0. The molecule has 0 atom stereocenters. The minimum Gasteiger partial charge on any atom is -0.370 e. The van der Waals surface area contributed by atoms with Crippen molar-refractivity contribution in [2.24, 2.45) is 5.92 Å². The fraction of sp³-hybridized carbons (Fsp3) is 0.692. The van der Waals surface area contributed by atoms with Crippen LogP contribution in [0, 0.1) is 16.4 Å². The average Bonchev–Trinajstić information content (AvgIpc) is 2.37. The molecular formula is C13H19IN2O2. The van der Waals surface area contributed by atoms with Gasteiger partial charge in [0.05, 0.1) is 9.26 Å². The van der Waals surface area contributed by atoms with E-state index < -0.39 is 5.60 Å². The van der Waals surface area contributed by atoms with Crippen LogP contribution in [0.3, 0.4) is 0 Å². The van der Waals surface area contributed by atoms with Crippen LogP contribution in [0.5, 0.6) is 0 Å². The molecule has 0 unspecified atom stereocenters. The van der Waals surface area contributed by atoms with E-state index >= 15 is 0 Å². The minimum absolute atomic E-state index is 0.0619. The van der Waals surface area contributed by atoms with Gasteiger partial charge >= 0.3 is 0 Å². The van der Waals surface area contributed by atoms with Gasteiger partial charge in [0.25, 0.3) is 5.56 Å². The van der Waals surface area contributed by atoms with Crippen molar-refractivity contribution >= 4 is 22.6 Å². The molecule has 18 heavy (non-hydrogen) atoms. The number of aryl methyl sites for hydroxylation is 1. The maximum atomic E-state index is 11.9. The van der Waals surface area contributed by atoms with E-state index in [0.717, 1.165) is 37.3 Å². The quantitative estimate of drug-likeness (QED) is 0.824. The lowest BCUT2D eigenvalue weighted by Crippen LogP contribution is -2.37. The van der Waals surface area contributed by atoms with Crippen LogP contribution in [-0.4, -0.2) is 17.1 Å². The highest BCUT2D eigenvalue weighted by molar-refractivity contribution is 14.1. The van der Waals surface area contributed by atoms with Gasteiger partial charge in [0.1, 0.15) is 11.4 Å². The zero-order valence-corrected chi connectivity index (χ0v) is 13.2. The van der Waals surface area contributed by atoms with Crippen molar-refractivity contribution in [1.82, 2.24) is 9.97 Å². The summed E-state index contributed by atoms with van der Waals surface area (Å²) in [5.41, 5.74) is 0.318. The Labute approximate surface area is 121 Å². The van der Waals surface area contributed by atoms with Gasteiger partial charge in [0.15, 0.2) is 0 Å². The van der Waals surface area contributed by atoms with E-state index in [4.69, 9.17) is 4.74 Å². The first-order chi connectivity index (χ1) is 8.48. The standard InChI is InChI=1S/C13H19IN2O2/c1-8-4-6-13(18-3,7-5-8)12-15-9(2)10(14)11(17)16-12/h8H,4-7H2,1-3H3,(H,15,16,17). The molecular weight excluding hydrogens is 343 g/mol. The summed E-state index contributed by atoms with van der Waals surface area (Å²) >= 11 is 2.03. The molecule has 1 aromatic heterocycles. The second-order valence-corrected chi connectivity index (χ2v) is 6.27. The first kappa shape index (κ1) is 14.0. The van der Waals surface area contributed by atoms with Crippen LogP contribution < -0.4 is 5.56 Å². The number of hydrogen-bond acceptors (Lipinski definition) is 3. The first-order valence-electron chi connectivity index (χ1n) is 6.30. The maximum Gasteiger partial charge on any atom is 0.264 e. The van der Waals surface area contributed by atoms with E-state index in [2.05, 4.69) is 16.9 Å². The number of nitrogens with zero attached hydrogens (tertiary/aromatic N) is 1. The highest BCUT2D eigenvalue weighted by Gasteiger charge is 2.38. The van der Waals surface area contributed by atoms with Crippen molar-refractivity contribution in [2.45, 2.75) is 45.1 Å². The van der Waals surface area contributed by atoms with Crippen molar-refractivity contribution in [3.63, 3.8) is 0 Å². The minimum atomic E-state index is -0.402. The third-order valence-electron chi connectivity index (χ3n) is 3.93. The van der Waals surface area contributed by atoms with Gasteiger partial charge in [0.2, 0.25) is 0 Å². The molecule has 2 rings (SSSR count). The van der Waals surface area contributed by atoms with Gasteiger partial charge in [-0.25, -0.2) is 4.98 Å². The molecule has 1 N–H and O–H groups in total. The summed E-state index contributed by atoms with van der Waals surface area (Å²) in [7, 11) is 1.71. The number of aromatic amines is 1. The van der Waals surface area contributed by atoms with Crippen LogP contribution in [-0.2, 0) is 10.3 Å². The van der Waals surface area contributed by atoms with Crippen molar-refractivity contribution < 1.29 is 4.74 Å². The Kier molecular flexibility index (Phi) is 4.11. The second kappa shape index (κ2) is 5.28. The highest BCUT2D eigenvalue weighted by atomic mass is 127. The molecule has 0 aliphatic heterocycles. The van der Waals surface area contributed by atoms with Gasteiger partial charge in [-0.15, -0.1) is 0 Å². The van der Waals surface area contributed by atoms with E-state index in [-0.39, 0.29) is 5.56 Å². The SMILES string of the molecule is COC1(c2nc(C)c(I)c(=O)[nH]2)CCC(C)CC1. The van der Waals surface area contributed by atoms with E-state index in [1.54, 1.807) is 7.11 Å². The van der Waals surface area contributed by atoms with Gasteiger partial charge in [-0.3, -0.25) is 4.79 Å². The first-order valence-corrected chi connectivity index (χ1v) is 7.38. The van der Waals surface area contributed by atoms with Gasteiger partial charge in [-0.05, 0) is 61.1 Å². The predicted molar refractivity (Wildman–Crippen MR) is 78.6 cm³/mol. The monoisotopic (exact) mass is 362 g/mol. The van der Waals surface area contributed by atoms with Crippen molar-refractivity contribution in [3.8, 4) is 0 Å². The number of rotatable bonds is 2. The summed E-state index contributed by atoms with van der Waals surface area (Å²) in [4.78, 5) is 19.3. The molecule has 100 valence electrons. The third kappa shape index (κ3) is 2.47. The van der Waals surface area contributed by atoms with Crippen LogP contribution in [0.2, 0.25) is 0 Å². The van der Waals surface area contributed by atoms with Gasteiger partial charge in [-0.1, -0.05) is 6.92 Å². The van der Waals surface area contributed by atoms with E-state index in [0.29, 0.717) is 9.39 Å². The molecule has 1 aliphatic carbocycles. The lowest BCUT2D eigenvalue weighted by Gasteiger charge is -2.37. The Hall–Kier alpha value is -0.430. The Balaban J connectivity index is 2.42. The summed E-state index contributed by atoms with van der Waals surface area (Å²) in [5.74, 6) is 1.42. The summed E-state index contributed by atoms with van der Waals surface area (Å²) in [6.45, 7) is 4.13. The molecule has 4 nitrogen and oxygen atoms in total. The number of aromatic nitrogens is 2. The Morgan fingerprint density at radius 1 is 1.44 bits per heavy atom. The van der Waals surface area contributed by atoms with Crippen molar-refractivity contribution in [1.29, 1.82) is 0 Å². The predicted octanol–water partition coefficient (Wildman–Crippen LogP) is 2.73. The van der Waals surface area contributed by atoms with Crippen molar-refractivity contribution in [2.75, 3.05) is 7.11 Å². The number of hydrogen-bond donors (Lipinski definition) is 1. The summed E-state index contributed by atoms with van der Waals surface area (Å²) in [5, 5.41) is 0. The fourth-order valence-electron chi connectivity index (χ4n) is 2.55. The van der Waals surface area contributed by atoms with Gasteiger partial charge in [-0.2, -0.15) is 0 Å². The Morgan fingerprint density at radius 3 is 2.56 bits per heavy atom. The maximum absolute atomic E-state index is 11.9. The van der Waals surface area contributed by atoms with Crippen LogP contribution in [0.4, 0.5) is 0 Å². The van der Waals surface area contributed by atoms with E-state index in [1.165, 1.54) is 0 Å². The average molecular weight is 362 g/mol. The molecule has 0 radical (unpaired) electrons. The summed E-state index contributed by atoms with van der Waals surface area (Å²) < 4.78 is 6.39. The lowest BCUT2D eigenvalue weighted by atomic mass is 9.79. The molecule has 1 aromatic rings. The zero-order valence-electron chi connectivity index (χ0n) is 11.0. The molecule has 0 aromatic carbocycles. The van der Waals surface area contributed by atoms with E-state index in [1.807, 2.05) is 29.5 Å². The number of nitrogens with one attached hydrogen (secondary N) is 1. The van der Waals surface area contributed by atoms with Crippen LogP contribution >= 0.6 is 22.6 Å². The molecule has 1 heterocycles. The molecule has 0 spiro atoms. The highest BCUT2D eigenvalue weighted by Crippen LogP contribution is 2.40. The topological polar surface area (TPSA) is 55.0 Å². The second-order valence-electron chi connectivity index (χ2n) is 5.19. The fourth-order valence-corrected chi connectivity index (χ4v) is 2.81. The van der Waals surface area contributed by atoms with E-state index in [9.17, 15) is 4.79 Å². The molecule has 0 saturated heterocycles. The van der Waals surface area contributed by atoms with Gasteiger partial charge < -0.3 is 9.72 Å². The number of H-pyrrole nitrogens is 1. The number of ether oxygens (including phenoxy) is 1. The van der Waals surface area contributed by atoms with Crippen LogP contribution in [0.25, 0.3) is 0 Å². The van der Waals surface area contributed by atoms with Crippen LogP contribution in [0.1, 0.15) is 44.1 Å². The number of halogens is 1. The largest absolute Gasteiger partial charge is 0.370 e. The van der Waals surface area contributed by atoms with Crippen LogP contribution in [0.15, 0.2) is 4.79 Å². The molecule has 0 amide bonds. The Bertz CT molecular complexity index is 490. The third-order valence-corrected chi connectivity index (χ3v) is 5.20. The molecule has 1 saturated carbocycles.